The molecular formula is C22H28N2O2. The summed E-state index contributed by atoms with van der Waals surface area (Å²) in [6.45, 7) is 11.4. The zero-order valence-corrected chi connectivity index (χ0v) is 16.4. The zero-order valence-electron chi connectivity index (χ0n) is 16.4. The van der Waals surface area contributed by atoms with Crippen LogP contribution in [0.5, 0.6) is 0 Å². The lowest BCUT2D eigenvalue weighted by Gasteiger charge is -2.23. The Hall–Kier alpha value is -2.62. The number of benzene rings is 2. The minimum Gasteiger partial charge on any atom is -0.325 e. The molecule has 2 aromatic carbocycles. The zero-order chi connectivity index (χ0) is 19.5. The first kappa shape index (κ1) is 19.7. The second kappa shape index (κ2) is 7.73. The molecule has 2 amide bonds. The molecule has 0 saturated heterocycles. The molecule has 2 aromatic rings. The number of carbonyl (C=O) groups is 2. The van der Waals surface area contributed by atoms with Gasteiger partial charge in [-0.3, -0.25) is 9.59 Å². The maximum Gasteiger partial charge on any atom is 0.239 e. The topological polar surface area (TPSA) is 58.2 Å². The number of rotatable bonds is 5. The highest BCUT2D eigenvalue weighted by Crippen LogP contribution is 2.24. The molecular weight excluding hydrogens is 324 g/mol. The van der Waals surface area contributed by atoms with Crippen molar-refractivity contribution in [3.8, 4) is 0 Å². The summed E-state index contributed by atoms with van der Waals surface area (Å²) in [5.41, 5.74) is 3.44. The van der Waals surface area contributed by atoms with Gasteiger partial charge in [0.25, 0.3) is 0 Å². The Kier molecular flexibility index (Phi) is 5.86. The van der Waals surface area contributed by atoms with E-state index in [2.05, 4.69) is 24.5 Å². The Morgan fingerprint density at radius 3 is 2.04 bits per heavy atom. The molecule has 26 heavy (non-hydrogen) atoms. The summed E-state index contributed by atoms with van der Waals surface area (Å²) in [6.07, 6.45) is 0. The van der Waals surface area contributed by atoms with Crippen molar-refractivity contribution < 1.29 is 9.59 Å². The molecule has 0 aromatic heterocycles. The number of hydrogen-bond acceptors (Lipinski definition) is 2. The Morgan fingerprint density at radius 1 is 0.885 bits per heavy atom. The molecule has 0 radical (unpaired) electrons. The average Bonchev–Trinajstić information content (AvgIpc) is 2.58. The van der Waals surface area contributed by atoms with Gasteiger partial charge in [-0.05, 0) is 68.5 Å². The van der Waals surface area contributed by atoms with Gasteiger partial charge in [0.05, 0.1) is 0 Å². The van der Waals surface area contributed by atoms with Gasteiger partial charge in [0.1, 0.15) is 5.41 Å². The van der Waals surface area contributed by atoms with Gasteiger partial charge in [-0.2, -0.15) is 0 Å². The van der Waals surface area contributed by atoms with E-state index < -0.39 is 5.41 Å². The Balaban J connectivity index is 2.10. The molecule has 4 heteroatoms. The summed E-state index contributed by atoms with van der Waals surface area (Å²) in [5, 5.41) is 5.72. The molecule has 0 spiro atoms. The molecule has 0 heterocycles. The molecule has 0 saturated carbocycles. The van der Waals surface area contributed by atoms with Gasteiger partial charge in [0.2, 0.25) is 11.8 Å². The first-order chi connectivity index (χ1) is 12.1. The van der Waals surface area contributed by atoms with Crippen molar-refractivity contribution in [3.63, 3.8) is 0 Å². The monoisotopic (exact) mass is 352 g/mol. The number of anilines is 2. The summed E-state index contributed by atoms with van der Waals surface area (Å²) in [7, 11) is 0. The van der Waals surface area contributed by atoms with Crippen LogP contribution in [0.1, 0.15) is 50.3 Å². The summed E-state index contributed by atoms with van der Waals surface area (Å²) in [4.78, 5) is 25.4. The van der Waals surface area contributed by atoms with Gasteiger partial charge in [-0.25, -0.2) is 0 Å². The normalized spacial score (nSPS) is 11.3. The molecule has 0 bridgehead atoms. The molecule has 0 aliphatic rings. The third-order valence-corrected chi connectivity index (χ3v) is 4.61. The second-order valence-electron chi connectivity index (χ2n) is 7.63. The van der Waals surface area contributed by atoms with Crippen molar-refractivity contribution in [3.05, 3.63) is 59.2 Å². The van der Waals surface area contributed by atoms with Crippen molar-refractivity contribution in [2.24, 2.45) is 5.41 Å². The quantitative estimate of drug-likeness (QED) is 0.742. The van der Waals surface area contributed by atoms with E-state index in [1.54, 1.807) is 13.8 Å². The van der Waals surface area contributed by atoms with Gasteiger partial charge >= 0.3 is 0 Å². The number of amides is 2. The van der Waals surface area contributed by atoms with Gasteiger partial charge in [0, 0.05) is 11.4 Å². The number of nitrogens with one attached hydrogen (secondary N) is 2. The second-order valence-corrected chi connectivity index (χ2v) is 7.63. The third kappa shape index (κ3) is 4.51. The SMILES string of the molecule is Cc1ccc(C)c(NC(=O)C(C)(C)C(=O)Nc2ccc(C(C)C)cc2)c1. The number of aryl methyl sites for hydroxylation is 2. The lowest BCUT2D eigenvalue weighted by molar-refractivity contribution is -0.135. The minimum absolute atomic E-state index is 0.331. The molecule has 2 N–H and O–H groups in total. The molecule has 0 aliphatic heterocycles. The van der Waals surface area contributed by atoms with Crippen molar-refractivity contribution in [1.29, 1.82) is 0 Å². The average molecular weight is 352 g/mol. The van der Waals surface area contributed by atoms with Crippen LogP contribution in [0.15, 0.2) is 42.5 Å². The molecule has 0 atom stereocenters. The predicted octanol–water partition coefficient (Wildman–Crippen LogP) is 5.03. The largest absolute Gasteiger partial charge is 0.325 e. The fourth-order valence-corrected chi connectivity index (χ4v) is 2.49. The predicted molar refractivity (Wildman–Crippen MR) is 107 cm³/mol. The van der Waals surface area contributed by atoms with E-state index in [9.17, 15) is 9.59 Å². The highest BCUT2D eigenvalue weighted by Gasteiger charge is 2.36. The van der Waals surface area contributed by atoms with E-state index in [0.29, 0.717) is 11.6 Å². The lowest BCUT2D eigenvalue weighted by atomic mass is 9.90. The molecule has 138 valence electrons. The molecule has 4 nitrogen and oxygen atoms in total. The first-order valence-corrected chi connectivity index (χ1v) is 8.91. The summed E-state index contributed by atoms with van der Waals surface area (Å²) in [6, 6.07) is 13.6. The number of carbonyl (C=O) groups excluding carboxylic acids is 2. The summed E-state index contributed by atoms with van der Waals surface area (Å²) < 4.78 is 0. The van der Waals surface area contributed by atoms with Crippen molar-refractivity contribution in [2.75, 3.05) is 10.6 Å². The van der Waals surface area contributed by atoms with E-state index in [1.807, 2.05) is 56.3 Å². The highest BCUT2D eigenvalue weighted by atomic mass is 16.2. The van der Waals surface area contributed by atoms with E-state index in [0.717, 1.165) is 16.8 Å². The van der Waals surface area contributed by atoms with Crippen molar-refractivity contribution in [1.82, 2.24) is 0 Å². The smallest absolute Gasteiger partial charge is 0.239 e. The van der Waals surface area contributed by atoms with Gasteiger partial charge in [0.15, 0.2) is 0 Å². The maximum atomic E-state index is 12.7. The lowest BCUT2D eigenvalue weighted by Crippen LogP contribution is -2.41. The highest BCUT2D eigenvalue weighted by molar-refractivity contribution is 6.14. The van der Waals surface area contributed by atoms with E-state index in [-0.39, 0.29) is 11.8 Å². The van der Waals surface area contributed by atoms with Crippen LogP contribution in [0.2, 0.25) is 0 Å². The van der Waals surface area contributed by atoms with Crippen LogP contribution in [0.4, 0.5) is 11.4 Å². The Labute approximate surface area is 156 Å². The third-order valence-electron chi connectivity index (χ3n) is 4.61. The summed E-state index contributed by atoms with van der Waals surface area (Å²) in [5.74, 6) is -0.236. The first-order valence-electron chi connectivity index (χ1n) is 8.91. The van der Waals surface area contributed by atoms with Gasteiger partial charge in [-0.1, -0.05) is 38.1 Å². The number of hydrogen-bond donors (Lipinski definition) is 2. The van der Waals surface area contributed by atoms with Crippen LogP contribution in [0, 0.1) is 19.3 Å². The molecule has 0 fully saturated rings. The Morgan fingerprint density at radius 2 is 1.46 bits per heavy atom. The fraction of sp³-hybridized carbons (Fsp3) is 0.364. The van der Waals surface area contributed by atoms with E-state index in [1.165, 1.54) is 5.56 Å². The standard InChI is InChI=1S/C22H28N2O2/c1-14(2)17-9-11-18(12-10-17)23-20(25)22(5,6)21(26)24-19-13-15(3)7-8-16(19)4/h7-14H,1-6H3,(H,23,25)(H,24,26). The van der Waals surface area contributed by atoms with Crippen molar-refractivity contribution >= 4 is 23.2 Å². The van der Waals surface area contributed by atoms with Crippen LogP contribution >= 0.6 is 0 Å². The van der Waals surface area contributed by atoms with Gasteiger partial charge in [-0.15, -0.1) is 0 Å². The fourth-order valence-electron chi connectivity index (χ4n) is 2.49. The van der Waals surface area contributed by atoms with Crippen molar-refractivity contribution in [2.45, 2.75) is 47.5 Å². The van der Waals surface area contributed by atoms with E-state index >= 15 is 0 Å². The van der Waals surface area contributed by atoms with Crippen LogP contribution < -0.4 is 10.6 Å². The van der Waals surface area contributed by atoms with E-state index in [4.69, 9.17) is 0 Å². The molecule has 0 aliphatic carbocycles. The van der Waals surface area contributed by atoms with Crippen LogP contribution in [-0.2, 0) is 9.59 Å². The molecule has 0 unspecified atom stereocenters. The molecule has 2 rings (SSSR count). The maximum absolute atomic E-state index is 12.7. The minimum atomic E-state index is -1.20. The Bertz CT molecular complexity index is 805. The van der Waals surface area contributed by atoms with Crippen LogP contribution in [-0.4, -0.2) is 11.8 Å². The van der Waals surface area contributed by atoms with Crippen LogP contribution in [0.3, 0.4) is 0 Å². The summed E-state index contributed by atoms with van der Waals surface area (Å²) >= 11 is 0. The van der Waals surface area contributed by atoms with Crippen LogP contribution in [0.25, 0.3) is 0 Å². The van der Waals surface area contributed by atoms with Gasteiger partial charge < -0.3 is 10.6 Å².